The quantitative estimate of drug-likeness (QED) is 0.715. The zero-order valence-electron chi connectivity index (χ0n) is 15.0. The molecule has 2 unspecified atom stereocenters. The van der Waals surface area contributed by atoms with Gasteiger partial charge < -0.3 is 9.47 Å². The molecule has 4 saturated carbocycles. The van der Waals surface area contributed by atoms with Gasteiger partial charge in [0.05, 0.1) is 0 Å². The SMILES string of the molecule is COC1(OC)CC[C@@H]2C3CC[C@]4(C)C(=O)CCC4[C@@H]3CC[C@@H]2C1. The van der Waals surface area contributed by atoms with Gasteiger partial charge in [0.2, 0.25) is 0 Å². The summed E-state index contributed by atoms with van der Waals surface area (Å²) in [5.74, 6) is 4.15. The van der Waals surface area contributed by atoms with Crippen LogP contribution in [-0.4, -0.2) is 25.8 Å². The maximum atomic E-state index is 12.4. The normalized spacial score (nSPS) is 48.5. The number of carbonyl (C=O) groups excluding carboxylic acids is 1. The standard InChI is InChI=1S/C20H32O3/c1-19-10-8-15-14-9-11-20(22-2,23-3)12-13(14)4-5-16(15)17(19)6-7-18(19)21/h13-17H,4-12H2,1-3H3/t13-,14+,15?,16-,17?,19+/m1/s1. The molecule has 0 spiro atoms. The molecule has 0 saturated heterocycles. The van der Waals surface area contributed by atoms with Crippen molar-refractivity contribution in [1.29, 1.82) is 0 Å². The number of methoxy groups -OCH3 is 2. The Kier molecular flexibility index (Phi) is 3.88. The maximum absolute atomic E-state index is 12.4. The van der Waals surface area contributed by atoms with Crippen molar-refractivity contribution in [3.63, 3.8) is 0 Å². The predicted octanol–water partition coefficient (Wildman–Crippen LogP) is 4.20. The molecule has 0 N–H and O–H groups in total. The lowest BCUT2D eigenvalue weighted by Crippen LogP contribution is -2.51. The van der Waals surface area contributed by atoms with Gasteiger partial charge in [0.25, 0.3) is 0 Å². The molecule has 0 radical (unpaired) electrons. The summed E-state index contributed by atoms with van der Waals surface area (Å²) in [4.78, 5) is 12.4. The van der Waals surface area contributed by atoms with Crippen molar-refractivity contribution in [1.82, 2.24) is 0 Å². The molecule has 4 rings (SSSR count). The molecule has 0 bridgehead atoms. The summed E-state index contributed by atoms with van der Waals surface area (Å²) >= 11 is 0. The van der Waals surface area contributed by atoms with Crippen LogP contribution in [0.3, 0.4) is 0 Å². The van der Waals surface area contributed by atoms with Crippen LogP contribution < -0.4 is 0 Å². The summed E-state index contributed by atoms with van der Waals surface area (Å²) in [5, 5.41) is 0. The van der Waals surface area contributed by atoms with E-state index in [1.54, 1.807) is 14.2 Å². The molecule has 3 nitrogen and oxygen atoms in total. The monoisotopic (exact) mass is 320 g/mol. The molecule has 4 aliphatic rings. The van der Waals surface area contributed by atoms with Gasteiger partial charge in [-0.15, -0.1) is 0 Å². The first-order valence-corrected chi connectivity index (χ1v) is 9.66. The van der Waals surface area contributed by atoms with Gasteiger partial charge in [0, 0.05) is 38.9 Å². The van der Waals surface area contributed by atoms with E-state index in [1.807, 2.05) is 0 Å². The third-order valence-electron chi connectivity index (χ3n) is 8.40. The Hall–Kier alpha value is -0.410. The number of ketones is 1. The Labute approximate surface area is 140 Å². The number of hydrogen-bond acceptors (Lipinski definition) is 3. The second-order valence-corrected chi connectivity index (χ2v) is 8.92. The van der Waals surface area contributed by atoms with Crippen LogP contribution in [0.25, 0.3) is 0 Å². The van der Waals surface area contributed by atoms with Gasteiger partial charge in [0.15, 0.2) is 5.79 Å². The van der Waals surface area contributed by atoms with Crippen molar-refractivity contribution < 1.29 is 14.3 Å². The van der Waals surface area contributed by atoms with E-state index >= 15 is 0 Å². The number of fused-ring (bicyclic) bond motifs is 5. The molecule has 0 aromatic heterocycles. The van der Waals surface area contributed by atoms with E-state index in [0.717, 1.165) is 55.8 Å². The summed E-state index contributed by atoms with van der Waals surface area (Å²) in [6.45, 7) is 2.27. The van der Waals surface area contributed by atoms with Crippen molar-refractivity contribution in [2.75, 3.05) is 14.2 Å². The highest BCUT2D eigenvalue weighted by Crippen LogP contribution is 2.62. The minimum absolute atomic E-state index is 0.0193. The second kappa shape index (κ2) is 5.56. The summed E-state index contributed by atoms with van der Waals surface area (Å²) in [6.07, 6.45) is 10.4. The van der Waals surface area contributed by atoms with Crippen molar-refractivity contribution in [3.05, 3.63) is 0 Å². The Morgan fingerprint density at radius 2 is 1.65 bits per heavy atom. The van der Waals surface area contributed by atoms with Crippen molar-refractivity contribution in [2.45, 2.75) is 70.5 Å². The summed E-state index contributed by atoms with van der Waals surface area (Å²) in [7, 11) is 3.59. The van der Waals surface area contributed by atoms with Crippen LogP contribution in [0.4, 0.5) is 0 Å². The average molecular weight is 320 g/mol. The number of rotatable bonds is 2. The van der Waals surface area contributed by atoms with E-state index in [-0.39, 0.29) is 11.2 Å². The molecule has 0 heterocycles. The fourth-order valence-electron chi connectivity index (χ4n) is 7.05. The van der Waals surface area contributed by atoms with Crippen LogP contribution >= 0.6 is 0 Å². The first kappa shape index (κ1) is 16.1. The minimum atomic E-state index is -0.333. The third-order valence-corrected chi connectivity index (χ3v) is 8.40. The Morgan fingerprint density at radius 3 is 2.39 bits per heavy atom. The van der Waals surface area contributed by atoms with Gasteiger partial charge in [-0.3, -0.25) is 4.79 Å². The minimum Gasteiger partial charge on any atom is -0.353 e. The van der Waals surface area contributed by atoms with Crippen LogP contribution in [0.15, 0.2) is 0 Å². The largest absolute Gasteiger partial charge is 0.353 e. The van der Waals surface area contributed by atoms with Crippen LogP contribution in [0.1, 0.15) is 64.7 Å². The lowest BCUT2D eigenvalue weighted by molar-refractivity contribution is -0.246. The van der Waals surface area contributed by atoms with Crippen molar-refractivity contribution in [2.24, 2.45) is 35.0 Å². The molecular formula is C20H32O3. The van der Waals surface area contributed by atoms with Crippen LogP contribution in [-0.2, 0) is 14.3 Å². The highest BCUT2D eigenvalue weighted by Gasteiger charge is 2.57. The molecule has 0 aromatic rings. The lowest BCUT2D eigenvalue weighted by atomic mass is 9.50. The fraction of sp³-hybridized carbons (Fsp3) is 0.950. The molecule has 4 aliphatic carbocycles. The first-order chi connectivity index (χ1) is 11.0. The van der Waals surface area contributed by atoms with E-state index in [0.29, 0.717) is 11.7 Å². The van der Waals surface area contributed by atoms with Gasteiger partial charge in [-0.25, -0.2) is 0 Å². The number of Topliss-reactive ketones (excluding diaryl/α,β-unsaturated/α-hetero) is 1. The average Bonchev–Trinajstić information content (AvgIpc) is 2.89. The molecule has 4 fully saturated rings. The van der Waals surface area contributed by atoms with E-state index in [1.165, 1.54) is 25.7 Å². The smallest absolute Gasteiger partial charge is 0.167 e. The van der Waals surface area contributed by atoms with Gasteiger partial charge in [-0.05, 0) is 68.1 Å². The number of hydrogen-bond donors (Lipinski definition) is 0. The molecule has 23 heavy (non-hydrogen) atoms. The van der Waals surface area contributed by atoms with E-state index in [9.17, 15) is 4.79 Å². The molecule has 6 atom stereocenters. The van der Waals surface area contributed by atoms with E-state index in [2.05, 4.69) is 6.92 Å². The van der Waals surface area contributed by atoms with Crippen molar-refractivity contribution in [3.8, 4) is 0 Å². The lowest BCUT2D eigenvalue weighted by Gasteiger charge is -2.56. The van der Waals surface area contributed by atoms with E-state index < -0.39 is 0 Å². The molecule has 0 aromatic carbocycles. The summed E-state index contributed by atoms with van der Waals surface area (Å²) in [5.41, 5.74) is 0.0193. The van der Waals surface area contributed by atoms with Crippen LogP contribution in [0, 0.1) is 35.0 Å². The predicted molar refractivity (Wildman–Crippen MR) is 88.9 cm³/mol. The molecule has 0 aliphatic heterocycles. The van der Waals surface area contributed by atoms with E-state index in [4.69, 9.17) is 9.47 Å². The Morgan fingerprint density at radius 1 is 0.913 bits per heavy atom. The van der Waals surface area contributed by atoms with Gasteiger partial charge in [-0.2, -0.15) is 0 Å². The zero-order valence-corrected chi connectivity index (χ0v) is 15.0. The highest BCUT2D eigenvalue weighted by molar-refractivity contribution is 5.87. The van der Waals surface area contributed by atoms with Crippen molar-refractivity contribution >= 4 is 5.78 Å². The van der Waals surface area contributed by atoms with Gasteiger partial charge in [0.1, 0.15) is 5.78 Å². The second-order valence-electron chi connectivity index (χ2n) is 8.92. The molecule has 0 amide bonds. The van der Waals surface area contributed by atoms with Gasteiger partial charge >= 0.3 is 0 Å². The topological polar surface area (TPSA) is 35.5 Å². The van der Waals surface area contributed by atoms with Gasteiger partial charge in [-0.1, -0.05) is 6.92 Å². The Bertz CT molecular complexity index is 483. The molecule has 130 valence electrons. The summed E-state index contributed by atoms with van der Waals surface area (Å²) in [6, 6.07) is 0. The zero-order chi connectivity index (χ0) is 16.2. The third kappa shape index (κ3) is 2.26. The molecule has 3 heteroatoms. The number of ether oxygens (including phenoxy) is 2. The fourth-order valence-corrected chi connectivity index (χ4v) is 7.05. The van der Waals surface area contributed by atoms with Crippen LogP contribution in [0.2, 0.25) is 0 Å². The Balaban J connectivity index is 1.54. The molecular weight excluding hydrogens is 288 g/mol. The maximum Gasteiger partial charge on any atom is 0.167 e. The number of carbonyl (C=O) groups is 1. The summed E-state index contributed by atoms with van der Waals surface area (Å²) < 4.78 is 11.5. The van der Waals surface area contributed by atoms with Crippen LogP contribution in [0.5, 0.6) is 0 Å². The first-order valence-electron chi connectivity index (χ1n) is 9.66. The highest BCUT2D eigenvalue weighted by atomic mass is 16.7.